The van der Waals surface area contributed by atoms with Crippen LogP contribution >= 0.6 is 11.6 Å². The Morgan fingerprint density at radius 1 is 1.09 bits per heavy atom. The number of benzene rings is 2. The standard InChI is InChI=1S/C17H19ClF2N2/c1-22(2)17(12-6-8-13(19)9-7-12)11-21-10-14-15(18)4-3-5-16(14)20/h3-9,17,21H,10-11H2,1-2H3. The van der Waals surface area contributed by atoms with Crippen LogP contribution in [0.5, 0.6) is 0 Å². The molecule has 0 aliphatic carbocycles. The molecule has 0 aliphatic heterocycles. The van der Waals surface area contributed by atoms with Crippen LogP contribution in [-0.4, -0.2) is 25.5 Å². The van der Waals surface area contributed by atoms with E-state index in [0.29, 0.717) is 23.7 Å². The van der Waals surface area contributed by atoms with Gasteiger partial charge in [-0.05, 0) is 43.9 Å². The second-order valence-electron chi connectivity index (χ2n) is 5.36. The maximum atomic E-state index is 13.7. The summed E-state index contributed by atoms with van der Waals surface area (Å²) in [4.78, 5) is 2.03. The van der Waals surface area contributed by atoms with Crippen molar-refractivity contribution in [3.63, 3.8) is 0 Å². The summed E-state index contributed by atoms with van der Waals surface area (Å²) < 4.78 is 26.8. The third-order valence-corrected chi connectivity index (χ3v) is 3.93. The van der Waals surface area contributed by atoms with Gasteiger partial charge in [0.15, 0.2) is 0 Å². The van der Waals surface area contributed by atoms with Crippen molar-refractivity contribution < 1.29 is 8.78 Å². The van der Waals surface area contributed by atoms with Crippen molar-refractivity contribution >= 4 is 11.6 Å². The molecule has 0 saturated carbocycles. The molecule has 1 N–H and O–H groups in total. The zero-order valence-electron chi connectivity index (χ0n) is 12.6. The number of nitrogens with zero attached hydrogens (tertiary/aromatic N) is 1. The molecule has 0 fully saturated rings. The van der Waals surface area contributed by atoms with Gasteiger partial charge in [0.2, 0.25) is 0 Å². The molecule has 2 aromatic carbocycles. The first-order chi connectivity index (χ1) is 10.5. The average Bonchev–Trinajstić information content (AvgIpc) is 2.47. The molecule has 0 bridgehead atoms. The van der Waals surface area contributed by atoms with Gasteiger partial charge in [0, 0.05) is 29.7 Å². The maximum Gasteiger partial charge on any atom is 0.129 e. The SMILES string of the molecule is CN(C)C(CNCc1c(F)cccc1Cl)c1ccc(F)cc1. The molecular formula is C17H19ClF2N2. The van der Waals surface area contributed by atoms with Crippen LogP contribution < -0.4 is 5.32 Å². The van der Waals surface area contributed by atoms with Crippen molar-refractivity contribution in [2.24, 2.45) is 0 Å². The summed E-state index contributed by atoms with van der Waals surface area (Å²) in [5.74, 6) is -0.574. The van der Waals surface area contributed by atoms with Gasteiger partial charge in [0.25, 0.3) is 0 Å². The monoisotopic (exact) mass is 324 g/mol. The van der Waals surface area contributed by atoms with E-state index >= 15 is 0 Å². The molecule has 0 heterocycles. The molecule has 0 saturated heterocycles. The van der Waals surface area contributed by atoms with Gasteiger partial charge in [0.1, 0.15) is 11.6 Å². The average molecular weight is 325 g/mol. The Labute approximate surface area is 134 Å². The topological polar surface area (TPSA) is 15.3 Å². The molecule has 0 radical (unpaired) electrons. The van der Waals surface area contributed by atoms with Gasteiger partial charge in [-0.3, -0.25) is 0 Å². The van der Waals surface area contributed by atoms with Crippen LogP contribution in [0.4, 0.5) is 8.78 Å². The predicted molar refractivity (Wildman–Crippen MR) is 85.9 cm³/mol. The van der Waals surface area contributed by atoms with E-state index in [1.807, 2.05) is 19.0 Å². The van der Waals surface area contributed by atoms with E-state index in [-0.39, 0.29) is 17.7 Å². The van der Waals surface area contributed by atoms with Gasteiger partial charge in [0.05, 0.1) is 0 Å². The molecule has 5 heteroatoms. The minimum atomic E-state index is -0.316. The molecule has 0 amide bonds. The van der Waals surface area contributed by atoms with Crippen LogP contribution in [0.25, 0.3) is 0 Å². The largest absolute Gasteiger partial charge is 0.311 e. The summed E-state index contributed by atoms with van der Waals surface area (Å²) in [5, 5.41) is 3.63. The molecule has 0 spiro atoms. The van der Waals surface area contributed by atoms with E-state index in [9.17, 15) is 8.78 Å². The van der Waals surface area contributed by atoms with Crippen molar-refractivity contribution in [1.29, 1.82) is 0 Å². The lowest BCUT2D eigenvalue weighted by Gasteiger charge is -2.25. The van der Waals surface area contributed by atoms with Gasteiger partial charge >= 0.3 is 0 Å². The third-order valence-electron chi connectivity index (χ3n) is 3.58. The Morgan fingerprint density at radius 2 is 1.77 bits per heavy atom. The summed E-state index contributed by atoms with van der Waals surface area (Å²) in [6.45, 7) is 0.945. The summed E-state index contributed by atoms with van der Waals surface area (Å²) >= 11 is 6.01. The quantitative estimate of drug-likeness (QED) is 0.863. The highest BCUT2D eigenvalue weighted by Crippen LogP contribution is 2.20. The second kappa shape index (κ2) is 7.68. The molecule has 1 atom stereocenters. The number of likely N-dealkylation sites (N-methyl/N-ethyl adjacent to an activating group) is 1. The van der Waals surface area contributed by atoms with Crippen molar-refractivity contribution in [2.45, 2.75) is 12.6 Å². The highest BCUT2D eigenvalue weighted by molar-refractivity contribution is 6.31. The second-order valence-corrected chi connectivity index (χ2v) is 5.77. The minimum absolute atomic E-state index is 0.0612. The number of rotatable bonds is 6. The zero-order chi connectivity index (χ0) is 16.1. The predicted octanol–water partition coefficient (Wildman–Crippen LogP) is 4.01. The van der Waals surface area contributed by atoms with Crippen molar-refractivity contribution in [2.75, 3.05) is 20.6 Å². The normalized spacial score (nSPS) is 12.6. The fraction of sp³-hybridized carbons (Fsp3) is 0.294. The molecule has 0 aliphatic rings. The number of hydrogen-bond donors (Lipinski definition) is 1. The van der Waals surface area contributed by atoms with Crippen LogP contribution in [0.2, 0.25) is 5.02 Å². The van der Waals surface area contributed by atoms with Gasteiger partial charge in [-0.15, -0.1) is 0 Å². The van der Waals surface area contributed by atoms with E-state index in [0.717, 1.165) is 5.56 Å². The van der Waals surface area contributed by atoms with Gasteiger partial charge in [-0.1, -0.05) is 29.8 Å². The Kier molecular flexibility index (Phi) is 5.89. The fourth-order valence-electron chi connectivity index (χ4n) is 2.32. The smallest absolute Gasteiger partial charge is 0.129 e. The van der Waals surface area contributed by atoms with E-state index in [1.165, 1.54) is 18.2 Å². The minimum Gasteiger partial charge on any atom is -0.311 e. The lowest BCUT2D eigenvalue weighted by molar-refractivity contribution is 0.288. The van der Waals surface area contributed by atoms with Crippen LogP contribution in [0.15, 0.2) is 42.5 Å². The summed E-state index contributed by atoms with van der Waals surface area (Å²) in [6, 6.07) is 11.1. The van der Waals surface area contributed by atoms with Crippen LogP contribution in [0, 0.1) is 11.6 Å². The summed E-state index contributed by atoms with van der Waals surface area (Å²) in [7, 11) is 3.90. The summed E-state index contributed by atoms with van der Waals surface area (Å²) in [6.07, 6.45) is 0. The molecule has 2 aromatic rings. The van der Waals surface area contributed by atoms with Gasteiger partial charge < -0.3 is 10.2 Å². The molecule has 0 aromatic heterocycles. The first-order valence-electron chi connectivity index (χ1n) is 7.04. The van der Waals surface area contributed by atoms with Crippen molar-refractivity contribution in [3.8, 4) is 0 Å². The molecule has 2 rings (SSSR count). The highest BCUT2D eigenvalue weighted by atomic mass is 35.5. The lowest BCUT2D eigenvalue weighted by atomic mass is 10.1. The van der Waals surface area contributed by atoms with Crippen molar-refractivity contribution in [3.05, 3.63) is 70.2 Å². The van der Waals surface area contributed by atoms with E-state index in [1.54, 1.807) is 24.3 Å². The molecule has 2 nitrogen and oxygen atoms in total. The molecule has 118 valence electrons. The molecular weight excluding hydrogens is 306 g/mol. The molecule has 22 heavy (non-hydrogen) atoms. The fourth-order valence-corrected chi connectivity index (χ4v) is 2.55. The Morgan fingerprint density at radius 3 is 2.36 bits per heavy atom. The van der Waals surface area contributed by atoms with Gasteiger partial charge in [-0.25, -0.2) is 8.78 Å². The molecule has 1 unspecified atom stereocenters. The zero-order valence-corrected chi connectivity index (χ0v) is 13.4. The Balaban J connectivity index is 2.02. The highest BCUT2D eigenvalue weighted by Gasteiger charge is 2.14. The van der Waals surface area contributed by atoms with Crippen molar-refractivity contribution in [1.82, 2.24) is 10.2 Å². The van der Waals surface area contributed by atoms with Crippen LogP contribution in [-0.2, 0) is 6.54 Å². The van der Waals surface area contributed by atoms with Crippen LogP contribution in [0.1, 0.15) is 17.2 Å². The number of halogens is 3. The van der Waals surface area contributed by atoms with Crippen LogP contribution in [0.3, 0.4) is 0 Å². The Hall–Kier alpha value is -1.49. The third kappa shape index (κ3) is 4.26. The Bertz CT molecular complexity index is 594. The first-order valence-corrected chi connectivity index (χ1v) is 7.42. The van der Waals surface area contributed by atoms with E-state index in [2.05, 4.69) is 5.32 Å². The maximum absolute atomic E-state index is 13.7. The first kappa shape index (κ1) is 16.9. The number of hydrogen-bond acceptors (Lipinski definition) is 2. The summed E-state index contributed by atoms with van der Waals surface area (Å²) in [5.41, 5.74) is 1.46. The number of nitrogens with one attached hydrogen (secondary N) is 1. The lowest BCUT2D eigenvalue weighted by Crippen LogP contribution is -2.31. The van der Waals surface area contributed by atoms with E-state index < -0.39 is 0 Å². The van der Waals surface area contributed by atoms with Gasteiger partial charge in [-0.2, -0.15) is 0 Å². The van der Waals surface area contributed by atoms with E-state index in [4.69, 9.17) is 11.6 Å².